The van der Waals surface area contributed by atoms with Crippen molar-refractivity contribution in [3.8, 4) is 0 Å². The number of amides is 1. The molecule has 1 heterocycles. The monoisotopic (exact) mass is 281 g/mol. The zero-order valence-corrected chi connectivity index (χ0v) is 10.9. The number of H-pyrrole nitrogens is 1. The van der Waals surface area contributed by atoms with Crippen molar-refractivity contribution in [2.75, 3.05) is 12.4 Å². The second-order valence-corrected chi connectivity index (χ2v) is 4.13. The quantitative estimate of drug-likeness (QED) is 0.795. The van der Waals surface area contributed by atoms with Gasteiger partial charge in [-0.05, 0) is 19.1 Å². The minimum absolute atomic E-state index is 0.106. The number of hydrogen-bond acceptors (Lipinski definition) is 4. The van der Waals surface area contributed by atoms with Gasteiger partial charge in [0.05, 0.1) is 6.04 Å². The van der Waals surface area contributed by atoms with Crippen LogP contribution in [0.1, 0.15) is 29.1 Å². The molecule has 106 valence electrons. The van der Waals surface area contributed by atoms with Crippen molar-refractivity contribution in [2.24, 2.45) is 0 Å². The van der Waals surface area contributed by atoms with Gasteiger partial charge in [0.2, 0.25) is 0 Å². The topological polar surface area (TPSA) is 82.7 Å². The highest BCUT2D eigenvalue weighted by molar-refractivity contribution is 5.94. The van der Waals surface area contributed by atoms with Gasteiger partial charge in [0.1, 0.15) is 29.5 Å². The fourth-order valence-electron chi connectivity index (χ4n) is 1.71. The fraction of sp³-hybridized carbons (Fsp3) is 0.250. The number of carbonyl (C=O) groups excluding carboxylic acids is 1. The third-order valence-electron chi connectivity index (χ3n) is 2.75. The van der Waals surface area contributed by atoms with Crippen molar-refractivity contribution in [1.29, 1.82) is 0 Å². The maximum Gasteiger partial charge on any atom is 0.252 e. The third kappa shape index (κ3) is 2.73. The van der Waals surface area contributed by atoms with E-state index >= 15 is 0 Å². The van der Waals surface area contributed by atoms with E-state index in [-0.39, 0.29) is 11.3 Å². The molecule has 1 aromatic carbocycles. The molecular weight excluding hydrogens is 268 g/mol. The summed E-state index contributed by atoms with van der Waals surface area (Å²) in [6.07, 6.45) is 1.30. The van der Waals surface area contributed by atoms with E-state index in [1.807, 2.05) is 0 Å². The average molecular weight is 281 g/mol. The van der Waals surface area contributed by atoms with Crippen LogP contribution in [0.15, 0.2) is 18.5 Å². The molecule has 0 aliphatic heterocycles. The number of hydrogen-bond donors (Lipinski definition) is 3. The maximum absolute atomic E-state index is 13.6. The molecule has 0 saturated heterocycles. The summed E-state index contributed by atoms with van der Waals surface area (Å²) in [5.74, 6) is -1.81. The minimum atomic E-state index is -0.829. The zero-order chi connectivity index (χ0) is 14.7. The predicted octanol–water partition coefficient (Wildman–Crippen LogP) is 1.62. The van der Waals surface area contributed by atoms with E-state index in [1.165, 1.54) is 13.4 Å². The Hall–Kier alpha value is -2.51. The van der Waals surface area contributed by atoms with Gasteiger partial charge in [-0.25, -0.2) is 13.8 Å². The highest BCUT2D eigenvalue weighted by Gasteiger charge is 2.17. The van der Waals surface area contributed by atoms with Gasteiger partial charge in [0, 0.05) is 12.6 Å². The van der Waals surface area contributed by atoms with Gasteiger partial charge in [-0.2, -0.15) is 5.10 Å². The van der Waals surface area contributed by atoms with E-state index in [4.69, 9.17) is 0 Å². The van der Waals surface area contributed by atoms with Gasteiger partial charge < -0.3 is 10.6 Å². The van der Waals surface area contributed by atoms with Crippen LogP contribution in [-0.2, 0) is 0 Å². The number of anilines is 1. The summed E-state index contributed by atoms with van der Waals surface area (Å²) in [5.41, 5.74) is -0.379. The van der Waals surface area contributed by atoms with Crippen LogP contribution >= 0.6 is 0 Å². The fourth-order valence-corrected chi connectivity index (χ4v) is 1.71. The Morgan fingerprint density at radius 3 is 2.50 bits per heavy atom. The van der Waals surface area contributed by atoms with Crippen LogP contribution in [0.2, 0.25) is 0 Å². The van der Waals surface area contributed by atoms with Crippen LogP contribution in [0.3, 0.4) is 0 Å². The maximum atomic E-state index is 13.6. The molecule has 2 aromatic rings. The first-order valence-corrected chi connectivity index (χ1v) is 5.86. The molecule has 1 aromatic heterocycles. The zero-order valence-electron chi connectivity index (χ0n) is 10.9. The Morgan fingerprint density at radius 2 is 2.00 bits per heavy atom. The number of benzene rings is 1. The van der Waals surface area contributed by atoms with E-state index in [9.17, 15) is 13.6 Å². The van der Waals surface area contributed by atoms with Crippen molar-refractivity contribution in [3.05, 3.63) is 41.5 Å². The summed E-state index contributed by atoms with van der Waals surface area (Å²) in [7, 11) is 1.40. The molecule has 20 heavy (non-hydrogen) atoms. The third-order valence-corrected chi connectivity index (χ3v) is 2.75. The lowest BCUT2D eigenvalue weighted by Gasteiger charge is -2.12. The van der Waals surface area contributed by atoms with Crippen molar-refractivity contribution in [1.82, 2.24) is 20.5 Å². The second-order valence-electron chi connectivity index (χ2n) is 4.13. The smallest absolute Gasteiger partial charge is 0.252 e. The Morgan fingerprint density at radius 1 is 1.35 bits per heavy atom. The largest absolute Gasteiger partial charge is 0.383 e. The normalized spacial score (nSPS) is 12.0. The van der Waals surface area contributed by atoms with Gasteiger partial charge in [-0.15, -0.1) is 0 Å². The van der Waals surface area contributed by atoms with Gasteiger partial charge in [0.15, 0.2) is 0 Å². The van der Waals surface area contributed by atoms with E-state index < -0.39 is 23.6 Å². The van der Waals surface area contributed by atoms with Crippen LogP contribution < -0.4 is 10.6 Å². The lowest BCUT2D eigenvalue weighted by molar-refractivity contribution is 0.0937. The molecule has 0 spiro atoms. The highest BCUT2D eigenvalue weighted by Crippen LogP contribution is 2.20. The molecule has 3 N–H and O–H groups in total. The molecule has 1 unspecified atom stereocenters. The van der Waals surface area contributed by atoms with Gasteiger partial charge in [-0.3, -0.25) is 9.89 Å². The molecule has 0 radical (unpaired) electrons. The Bertz CT molecular complexity index is 591. The molecule has 0 saturated carbocycles. The van der Waals surface area contributed by atoms with Crippen LogP contribution in [-0.4, -0.2) is 28.1 Å². The highest BCUT2D eigenvalue weighted by atomic mass is 19.1. The number of aromatic amines is 1. The molecule has 0 aliphatic carbocycles. The SMILES string of the molecule is CNc1c(F)cc(C(=O)NC(C)c2ncn[nH]2)cc1F. The number of nitrogens with zero attached hydrogens (tertiary/aromatic N) is 2. The number of carbonyl (C=O) groups is 1. The number of nitrogens with one attached hydrogen (secondary N) is 3. The van der Waals surface area contributed by atoms with Crippen molar-refractivity contribution in [3.63, 3.8) is 0 Å². The van der Waals surface area contributed by atoms with E-state index in [0.717, 1.165) is 12.1 Å². The molecule has 0 bridgehead atoms. The summed E-state index contributed by atoms with van der Waals surface area (Å²) < 4.78 is 27.1. The van der Waals surface area contributed by atoms with Gasteiger partial charge >= 0.3 is 0 Å². The number of aromatic nitrogens is 3. The molecule has 1 amide bonds. The minimum Gasteiger partial charge on any atom is -0.383 e. The number of halogens is 2. The molecular formula is C12H13F2N5O. The van der Waals surface area contributed by atoms with Gasteiger partial charge in [-0.1, -0.05) is 0 Å². The van der Waals surface area contributed by atoms with Crippen LogP contribution in [0.4, 0.5) is 14.5 Å². The standard InChI is InChI=1S/C12H13F2N5O/c1-6(11-16-5-17-19-11)18-12(20)7-3-8(13)10(15-2)9(14)4-7/h3-6,15H,1-2H3,(H,18,20)(H,16,17,19). The lowest BCUT2D eigenvalue weighted by Crippen LogP contribution is -2.27. The summed E-state index contributed by atoms with van der Waals surface area (Å²) in [5, 5.41) is 11.2. The summed E-state index contributed by atoms with van der Waals surface area (Å²) in [4.78, 5) is 15.8. The van der Waals surface area contributed by atoms with Crippen LogP contribution in [0, 0.1) is 11.6 Å². The van der Waals surface area contributed by atoms with Crippen LogP contribution in [0.5, 0.6) is 0 Å². The molecule has 0 aliphatic rings. The summed E-state index contributed by atoms with van der Waals surface area (Å²) >= 11 is 0. The van der Waals surface area contributed by atoms with Crippen molar-refractivity contribution < 1.29 is 13.6 Å². The Kier molecular flexibility index (Phi) is 3.92. The molecule has 2 rings (SSSR count). The van der Waals surface area contributed by atoms with E-state index in [0.29, 0.717) is 5.82 Å². The molecule has 6 nitrogen and oxygen atoms in total. The van der Waals surface area contributed by atoms with Gasteiger partial charge in [0.25, 0.3) is 5.91 Å². The summed E-state index contributed by atoms with van der Waals surface area (Å²) in [6.45, 7) is 1.67. The van der Waals surface area contributed by atoms with E-state index in [1.54, 1.807) is 6.92 Å². The lowest BCUT2D eigenvalue weighted by atomic mass is 10.1. The first-order valence-electron chi connectivity index (χ1n) is 5.86. The van der Waals surface area contributed by atoms with Crippen LogP contribution in [0.25, 0.3) is 0 Å². The van der Waals surface area contributed by atoms with Crippen molar-refractivity contribution in [2.45, 2.75) is 13.0 Å². The molecule has 1 atom stereocenters. The average Bonchev–Trinajstić information content (AvgIpc) is 2.92. The molecule has 8 heteroatoms. The van der Waals surface area contributed by atoms with E-state index in [2.05, 4.69) is 25.8 Å². The van der Waals surface area contributed by atoms with Crippen molar-refractivity contribution >= 4 is 11.6 Å². The number of rotatable bonds is 4. The summed E-state index contributed by atoms with van der Waals surface area (Å²) in [6, 6.07) is 1.48. The molecule has 0 fully saturated rings. The second kappa shape index (κ2) is 5.64. The Balaban J connectivity index is 2.17. The predicted molar refractivity (Wildman–Crippen MR) is 68.2 cm³/mol. The first-order chi connectivity index (χ1) is 9.52. The Labute approximate surface area is 113 Å². The first kappa shape index (κ1) is 13.9.